The number of aromatic nitrogens is 3. The summed E-state index contributed by atoms with van der Waals surface area (Å²) < 4.78 is 0. The van der Waals surface area contributed by atoms with Crippen LogP contribution < -0.4 is 0 Å². The summed E-state index contributed by atoms with van der Waals surface area (Å²) in [5.41, 5.74) is 0. The average molecular weight is 259 g/mol. The van der Waals surface area contributed by atoms with Gasteiger partial charge in [-0.25, -0.2) is 4.98 Å². The standard InChI is InChI=1S/C9H13N3O2S2/c13-7(14)5-16-9-10-8(11-12-9)6-3-1-2-4-15-6/h6H,1-5H2,(H,13,14)(H,10,11,12). The van der Waals surface area contributed by atoms with Crippen molar-refractivity contribution in [3.8, 4) is 0 Å². The van der Waals surface area contributed by atoms with E-state index in [0.717, 1.165) is 24.0 Å². The SMILES string of the molecule is O=C(O)CSc1n[nH]c(C2CCCCS2)n1. The van der Waals surface area contributed by atoms with Gasteiger partial charge < -0.3 is 5.11 Å². The Labute approximate surface area is 102 Å². The van der Waals surface area contributed by atoms with E-state index in [2.05, 4.69) is 15.2 Å². The lowest BCUT2D eigenvalue weighted by Crippen LogP contribution is -2.03. The number of carbonyl (C=O) groups is 1. The molecule has 1 aromatic rings. The lowest BCUT2D eigenvalue weighted by Gasteiger charge is -2.18. The second-order valence-electron chi connectivity index (χ2n) is 3.54. The molecule has 1 aliphatic rings. The zero-order chi connectivity index (χ0) is 11.4. The Kier molecular flexibility index (Phi) is 4.11. The fourth-order valence-corrected chi connectivity index (χ4v) is 3.33. The molecule has 1 saturated heterocycles. The van der Waals surface area contributed by atoms with Crippen LogP contribution in [0.3, 0.4) is 0 Å². The summed E-state index contributed by atoms with van der Waals surface area (Å²) in [4.78, 5) is 14.7. The van der Waals surface area contributed by atoms with Crippen LogP contribution in [-0.4, -0.2) is 37.8 Å². The predicted molar refractivity (Wildman–Crippen MR) is 63.8 cm³/mol. The summed E-state index contributed by atoms with van der Waals surface area (Å²) in [6.07, 6.45) is 3.63. The lowest BCUT2D eigenvalue weighted by atomic mass is 10.2. The van der Waals surface area contributed by atoms with E-state index in [1.165, 1.54) is 18.6 Å². The minimum absolute atomic E-state index is 0.00903. The quantitative estimate of drug-likeness (QED) is 0.804. The second-order valence-corrected chi connectivity index (χ2v) is 5.79. The Bertz CT molecular complexity index is 363. The lowest BCUT2D eigenvalue weighted by molar-refractivity contribution is -0.133. The number of aromatic amines is 1. The fourth-order valence-electron chi connectivity index (χ4n) is 1.55. The van der Waals surface area contributed by atoms with Gasteiger partial charge in [-0.2, -0.15) is 11.8 Å². The normalized spacial score (nSPS) is 20.9. The molecule has 0 amide bonds. The maximum Gasteiger partial charge on any atom is 0.313 e. The van der Waals surface area contributed by atoms with Crippen LogP contribution in [0, 0.1) is 0 Å². The van der Waals surface area contributed by atoms with Crippen LogP contribution in [0.1, 0.15) is 30.3 Å². The monoisotopic (exact) mass is 259 g/mol. The molecule has 2 N–H and O–H groups in total. The van der Waals surface area contributed by atoms with E-state index in [9.17, 15) is 4.79 Å². The van der Waals surface area contributed by atoms with E-state index in [1.54, 1.807) is 0 Å². The number of nitrogens with zero attached hydrogens (tertiary/aromatic N) is 2. The van der Waals surface area contributed by atoms with Crippen molar-refractivity contribution in [2.75, 3.05) is 11.5 Å². The first-order valence-corrected chi connectivity index (χ1v) is 7.17. The van der Waals surface area contributed by atoms with Crippen LogP contribution in [0.4, 0.5) is 0 Å². The van der Waals surface area contributed by atoms with Gasteiger partial charge in [0.15, 0.2) is 0 Å². The molecule has 1 atom stereocenters. The maximum absolute atomic E-state index is 10.4. The van der Waals surface area contributed by atoms with Crippen LogP contribution in [0.15, 0.2) is 5.16 Å². The van der Waals surface area contributed by atoms with E-state index in [-0.39, 0.29) is 5.75 Å². The van der Waals surface area contributed by atoms with Crippen LogP contribution >= 0.6 is 23.5 Å². The summed E-state index contributed by atoms with van der Waals surface area (Å²) in [5.74, 6) is 1.22. The van der Waals surface area contributed by atoms with Crippen molar-refractivity contribution in [3.05, 3.63) is 5.82 Å². The number of carboxylic acid groups (broad SMARTS) is 1. The molecule has 2 rings (SSSR count). The Balaban J connectivity index is 1.93. The number of thioether (sulfide) groups is 2. The molecule has 1 aliphatic heterocycles. The van der Waals surface area contributed by atoms with Crippen molar-refractivity contribution < 1.29 is 9.90 Å². The van der Waals surface area contributed by atoms with Crippen molar-refractivity contribution >= 4 is 29.5 Å². The number of aliphatic carboxylic acids is 1. The molecular weight excluding hydrogens is 246 g/mol. The van der Waals surface area contributed by atoms with Gasteiger partial charge in [-0.15, -0.1) is 5.10 Å². The molecule has 16 heavy (non-hydrogen) atoms. The second kappa shape index (κ2) is 5.58. The summed E-state index contributed by atoms with van der Waals surface area (Å²) in [5, 5.41) is 16.4. The van der Waals surface area contributed by atoms with Gasteiger partial charge in [-0.05, 0) is 18.6 Å². The first-order valence-electron chi connectivity index (χ1n) is 5.14. The van der Waals surface area contributed by atoms with Crippen molar-refractivity contribution in [3.63, 3.8) is 0 Å². The van der Waals surface area contributed by atoms with E-state index in [0.29, 0.717) is 10.4 Å². The first-order chi connectivity index (χ1) is 7.75. The molecular formula is C9H13N3O2S2. The third-order valence-corrected chi connectivity index (χ3v) is 4.51. The van der Waals surface area contributed by atoms with Gasteiger partial charge in [0.25, 0.3) is 0 Å². The summed E-state index contributed by atoms with van der Waals surface area (Å²) >= 11 is 3.05. The molecule has 7 heteroatoms. The van der Waals surface area contributed by atoms with Gasteiger partial charge in [-0.3, -0.25) is 9.89 Å². The smallest absolute Gasteiger partial charge is 0.313 e. The van der Waals surface area contributed by atoms with Gasteiger partial charge >= 0.3 is 5.97 Å². The number of carboxylic acids is 1. The molecule has 0 aliphatic carbocycles. The zero-order valence-corrected chi connectivity index (χ0v) is 10.3. The van der Waals surface area contributed by atoms with E-state index in [1.807, 2.05) is 11.8 Å². The van der Waals surface area contributed by atoms with Crippen molar-refractivity contribution in [2.24, 2.45) is 0 Å². The van der Waals surface area contributed by atoms with Crippen LogP contribution in [0.2, 0.25) is 0 Å². The molecule has 0 aromatic carbocycles. The van der Waals surface area contributed by atoms with Crippen LogP contribution in [-0.2, 0) is 4.79 Å². The minimum Gasteiger partial charge on any atom is -0.481 e. The number of hydrogen-bond acceptors (Lipinski definition) is 5. The molecule has 1 unspecified atom stereocenters. The van der Waals surface area contributed by atoms with Gasteiger partial charge in [0, 0.05) is 0 Å². The summed E-state index contributed by atoms with van der Waals surface area (Å²) in [6.45, 7) is 0. The Morgan fingerprint density at radius 3 is 3.19 bits per heavy atom. The van der Waals surface area contributed by atoms with Crippen molar-refractivity contribution in [1.82, 2.24) is 15.2 Å². The molecule has 0 bridgehead atoms. The van der Waals surface area contributed by atoms with Gasteiger partial charge in [-0.1, -0.05) is 18.2 Å². The van der Waals surface area contributed by atoms with Crippen LogP contribution in [0.5, 0.6) is 0 Å². The molecule has 1 fully saturated rings. The Morgan fingerprint density at radius 2 is 2.50 bits per heavy atom. The number of hydrogen-bond donors (Lipinski definition) is 2. The molecule has 5 nitrogen and oxygen atoms in total. The van der Waals surface area contributed by atoms with Crippen LogP contribution in [0.25, 0.3) is 0 Å². The van der Waals surface area contributed by atoms with Gasteiger partial charge in [0.1, 0.15) is 5.82 Å². The molecule has 0 radical (unpaired) electrons. The minimum atomic E-state index is -0.844. The number of rotatable bonds is 4. The summed E-state index contributed by atoms with van der Waals surface area (Å²) in [7, 11) is 0. The van der Waals surface area contributed by atoms with Crippen molar-refractivity contribution in [2.45, 2.75) is 29.7 Å². The number of nitrogens with one attached hydrogen (secondary N) is 1. The topological polar surface area (TPSA) is 78.9 Å². The van der Waals surface area contributed by atoms with E-state index < -0.39 is 5.97 Å². The van der Waals surface area contributed by atoms with Crippen molar-refractivity contribution in [1.29, 1.82) is 0 Å². The van der Waals surface area contributed by atoms with E-state index >= 15 is 0 Å². The van der Waals surface area contributed by atoms with Gasteiger partial charge in [0.2, 0.25) is 5.16 Å². The zero-order valence-electron chi connectivity index (χ0n) is 8.68. The highest BCUT2D eigenvalue weighted by Crippen LogP contribution is 2.36. The molecule has 2 heterocycles. The third-order valence-electron chi connectivity index (χ3n) is 2.29. The largest absolute Gasteiger partial charge is 0.481 e. The highest BCUT2D eigenvalue weighted by Gasteiger charge is 2.19. The predicted octanol–water partition coefficient (Wildman–Crippen LogP) is 1.94. The maximum atomic E-state index is 10.4. The molecule has 0 spiro atoms. The fraction of sp³-hybridized carbons (Fsp3) is 0.667. The van der Waals surface area contributed by atoms with E-state index in [4.69, 9.17) is 5.11 Å². The Morgan fingerprint density at radius 1 is 1.62 bits per heavy atom. The third kappa shape index (κ3) is 3.15. The Hall–Kier alpha value is -0.690. The highest BCUT2D eigenvalue weighted by atomic mass is 32.2. The summed E-state index contributed by atoms with van der Waals surface area (Å²) in [6, 6.07) is 0. The first kappa shape index (κ1) is 11.8. The molecule has 88 valence electrons. The molecule has 0 saturated carbocycles. The average Bonchev–Trinajstić information content (AvgIpc) is 2.76. The molecule has 1 aromatic heterocycles. The number of H-pyrrole nitrogens is 1. The highest BCUT2D eigenvalue weighted by molar-refractivity contribution is 8.00. The van der Waals surface area contributed by atoms with Gasteiger partial charge in [0.05, 0.1) is 11.0 Å².